The first-order valence-corrected chi connectivity index (χ1v) is 6.05. The van der Waals surface area contributed by atoms with Crippen molar-refractivity contribution in [1.29, 1.82) is 0 Å². The lowest BCUT2D eigenvalue weighted by atomic mass is 10.1. The first-order valence-electron chi connectivity index (χ1n) is 5.25. The third-order valence-corrected chi connectivity index (χ3v) is 3.68. The van der Waals surface area contributed by atoms with E-state index < -0.39 is 0 Å². The van der Waals surface area contributed by atoms with Crippen molar-refractivity contribution in [2.24, 2.45) is 0 Å². The monoisotopic (exact) mass is 290 g/mol. The third kappa shape index (κ3) is 1.46. The van der Waals surface area contributed by atoms with Crippen molar-refractivity contribution in [3.05, 3.63) is 34.4 Å². The van der Waals surface area contributed by atoms with Crippen molar-refractivity contribution < 1.29 is 0 Å². The van der Waals surface area contributed by atoms with Crippen LogP contribution in [0.2, 0.25) is 0 Å². The number of H-pyrrole nitrogens is 2. The number of rotatable bonds is 1. The molecule has 0 aliphatic heterocycles. The molecular formula is C12H11BrN4. The molecule has 17 heavy (non-hydrogen) atoms. The second-order valence-electron chi connectivity index (χ2n) is 3.97. The number of nitrogen functional groups attached to an aromatic ring is 1. The van der Waals surface area contributed by atoms with Crippen LogP contribution in [0.25, 0.3) is 22.2 Å². The van der Waals surface area contributed by atoms with E-state index >= 15 is 0 Å². The summed E-state index contributed by atoms with van der Waals surface area (Å²) >= 11 is 3.46. The molecule has 0 aliphatic rings. The van der Waals surface area contributed by atoms with E-state index in [2.05, 4.69) is 43.2 Å². The van der Waals surface area contributed by atoms with Gasteiger partial charge < -0.3 is 10.7 Å². The van der Waals surface area contributed by atoms with Crippen molar-refractivity contribution in [2.75, 3.05) is 5.73 Å². The number of aryl methyl sites for hydroxylation is 1. The molecular weight excluding hydrogens is 280 g/mol. The minimum Gasteiger partial charge on any atom is -0.381 e. The van der Waals surface area contributed by atoms with Gasteiger partial charge in [0.15, 0.2) is 5.82 Å². The fourth-order valence-corrected chi connectivity index (χ4v) is 2.48. The highest BCUT2D eigenvalue weighted by molar-refractivity contribution is 9.10. The van der Waals surface area contributed by atoms with Crippen molar-refractivity contribution >= 4 is 32.7 Å². The molecule has 2 aromatic heterocycles. The van der Waals surface area contributed by atoms with Crippen LogP contribution in [0.15, 0.2) is 28.7 Å². The zero-order valence-electron chi connectivity index (χ0n) is 9.21. The van der Waals surface area contributed by atoms with Crippen molar-refractivity contribution in [3.63, 3.8) is 0 Å². The molecule has 0 saturated heterocycles. The van der Waals surface area contributed by atoms with Gasteiger partial charge in [-0.1, -0.05) is 18.2 Å². The molecule has 4 N–H and O–H groups in total. The fraction of sp³-hybridized carbons (Fsp3) is 0.0833. The van der Waals surface area contributed by atoms with E-state index in [0.29, 0.717) is 5.82 Å². The van der Waals surface area contributed by atoms with Crippen LogP contribution in [0, 0.1) is 6.92 Å². The van der Waals surface area contributed by atoms with E-state index in [1.807, 2.05) is 19.1 Å². The number of aromatic nitrogens is 3. The lowest BCUT2D eigenvalue weighted by molar-refractivity contribution is 1.10. The van der Waals surface area contributed by atoms with Gasteiger partial charge in [-0.05, 0) is 28.9 Å². The molecule has 5 heteroatoms. The first-order chi connectivity index (χ1) is 8.18. The maximum absolute atomic E-state index is 5.74. The summed E-state index contributed by atoms with van der Waals surface area (Å²) in [5.41, 5.74) is 9.97. The van der Waals surface area contributed by atoms with Gasteiger partial charge in [0.25, 0.3) is 0 Å². The van der Waals surface area contributed by atoms with Gasteiger partial charge >= 0.3 is 0 Å². The van der Waals surface area contributed by atoms with Crippen molar-refractivity contribution in [3.8, 4) is 11.3 Å². The Balaban J connectivity index is 2.37. The zero-order valence-corrected chi connectivity index (χ0v) is 10.8. The minimum atomic E-state index is 0.477. The molecule has 0 aliphatic carbocycles. The molecule has 0 spiro atoms. The Morgan fingerprint density at radius 2 is 2.06 bits per heavy atom. The van der Waals surface area contributed by atoms with E-state index in [1.165, 1.54) is 0 Å². The molecule has 2 heterocycles. The summed E-state index contributed by atoms with van der Waals surface area (Å²) < 4.78 is 0.811. The van der Waals surface area contributed by atoms with E-state index in [9.17, 15) is 0 Å². The number of aromatic amines is 2. The van der Waals surface area contributed by atoms with Gasteiger partial charge in [-0.25, -0.2) is 0 Å². The predicted molar refractivity (Wildman–Crippen MR) is 72.7 cm³/mol. The maximum Gasteiger partial charge on any atom is 0.160 e. The number of hydrogen-bond donors (Lipinski definition) is 3. The zero-order chi connectivity index (χ0) is 12.0. The molecule has 4 nitrogen and oxygen atoms in total. The van der Waals surface area contributed by atoms with Gasteiger partial charge in [0.1, 0.15) is 0 Å². The second-order valence-corrected chi connectivity index (χ2v) is 4.76. The molecule has 0 unspecified atom stereocenters. The van der Waals surface area contributed by atoms with Crippen molar-refractivity contribution in [2.45, 2.75) is 6.92 Å². The maximum atomic E-state index is 5.74. The second kappa shape index (κ2) is 3.63. The molecule has 0 fully saturated rings. The van der Waals surface area contributed by atoms with Gasteiger partial charge in [-0.2, -0.15) is 5.10 Å². The van der Waals surface area contributed by atoms with Gasteiger partial charge in [0.2, 0.25) is 0 Å². The lowest BCUT2D eigenvalue weighted by Crippen LogP contribution is -1.83. The average Bonchev–Trinajstić information content (AvgIpc) is 2.80. The topological polar surface area (TPSA) is 70.5 Å². The van der Waals surface area contributed by atoms with Gasteiger partial charge in [-0.15, -0.1) is 0 Å². The number of fused-ring (bicyclic) bond motifs is 1. The van der Waals surface area contributed by atoms with E-state index in [0.717, 1.165) is 32.3 Å². The standard InChI is InChI=1S/C12H11BrN4/c1-6-9(11-10(13)12(14)17-16-11)7-4-2-3-5-8(7)15-6/h2-5,15H,1H3,(H3,14,16,17). The summed E-state index contributed by atoms with van der Waals surface area (Å²) in [5, 5.41) is 8.14. The summed E-state index contributed by atoms with van der Waals surface area (Å²) in [6, 6.07) is 8.17. The van der Waals surface area contributed by atoms with Crippen LogP contribution in [0.5, 0.6) is 0 Å². The summed E-state index contributed by atoms with van der Waals surface area (Å²) in [4.78, 5) is 3.35. The molecule has 3 rings (SSSR count). The number of halogens is 1. The van der Waals surface area contributed by atoms with Crippen LogP contribution in [0.1, 0.15) is 5.69 Å². The Hall–Kier alpha value is -1.75. The molecule has 0 bridgehead atoms. The van der Waals surface area contributed by atoms with Gasteiger partial charge in [-0.3, -0.25) is 5.10 Å². The number of benzene rings is 1. The quantitative estimate of drug-likeness (QED) is 0.644. The highest BCUT2D eigenvalue weighted by Gasteiger charge is 2.16. The SMILES string of the molecule is Cc1[nH]c2ccccc2c1-c1[nH]nc(N)c1Br. The molecule has 0 radical (unpaired) electrons. The van der Waals surface area contributed by atoms with Crippen LogP contribution in [0.4, 0.5) is 5.82 Å². The van der Waals surface area contributed by atoms with Crippen LogP contribution in [-0.2, 0) is 0 Å². The normalized spacial score (nSPS) is 11.2. The molecule has 0 amide bonds. The summed E-state index contributed by atoms with van der Waals surface area (Å²) in [6.07, 6.45) is 0. The molecule has 86 valence electrons. The number of nitrogens with zero attached hydrogens (tertiary/aromatic N) is 1. The van der Waals surface area contributed by atoms with Gasteiger partial charge in [0, 0.05) is 22.2 Å². The van der Waals surface area contributed by atoms with Crippen LogP contribution in [0.3, 0.4) is 0 Å². The average molecular weight is 291 g/mol. The fourth-order valence-electron chi connectivity index (χ4n) is 2.11. The number of para-hydroxylation sites is 1. The Morgan fingerprint density at radius 3 is 2.76 bits per heavy atom. The van der Waals surface area contributed by atoms with E-state index in [-0.39, 0.29) is 0 Å². The Bertz CT molecular complexity index is 696. The largest absolute Gasteiger partial charge is 0.381 e. The van der Waals surface area contributed by atoms with E-state index in [1.54, 1.807) is 0 Å². The Labute approximate surface area is 106 Å². The lowest BCUT2D eigenvalue weighted by Gasteiger charge is -1.98. The predicted octanol–water partition coefficient (Wildman–Crippen LogP) is 3.21. The Morgan fingerprint density at radius 1 is 1.29 bits per heavy atom. The summed E-state index contributed by atoms with van der Waals surface area (Å²) in [7, 11) is 0. The molecule has 3 aromatic rings. The number of nitrogens with one attached hydrogen (secondary N) is 2. The van der Waals surface area contributed by atoms with Crippen molar-refractivity contribution in [1.82, 2.24) is 15.2 Å². The highest BCUT2D eigenvalue weighted by atomic mass is 79.9. The molecule has 1 aromatic carbocycles. The third-order valence-electron chi connectivity index (χ3n) is 2.88. The number of anilines is 1. The van der Waals surface area contributed by atoms with Gasteiger partial charge in [0.05, 0.1) is 10.2 Å². The highest BCUT2D eigenvalue weighted by Crippen LogP contribution is 2.36. The van der Waals surface area contributed by atoms with Crippen LogP contribution in [-0.4, -0.2) is 15.2 Å². The van der Waals surface area contributed by atoms with Crippen LogP contribution >= 0.6 is 15.9 Å². The van der Waals surface area contributed by atoms with E-state index in [4.69, 9.17) is 5.73 Å². The minimum absolute atomic E-state index is 0.477. The summed E-state index contributed by atoms with van der Waals surface area (Å²) in [6.45, 7) is 2.04. The number of hydrogen-bond acceptors (Lipinski definition) is 2. The Kier molecular flexibility index (Phi) is 2.22. The summed E-state index contributed by atoms with van der Waals surface area (Å²) in [5.74, 6) is 0.477. The smallest absolute Gasteiger partial charge is 0.160 e. The van der Waals surface area contributed by atoms with Crippen LogP contribution < -0.4 is 5.73 Å². The number of nitrogens with two attached hydrogens (primary N) is 1. The first kappa shape index (κ1) is 10.4. The molecule has 0 saturated carbocycles. The molecule has 0 atom stereocenters.